The minimum absolute atomic E-state index is 0.0849. The van der Waals surface area contributed by atoms with Crippen LogP contribution in [0, 0.1) is 4.91 Å². The molecule has 0 fully saturated rings. The lowest BCUT2D eigenvalue weighted by Crippen LogP contribution is -2.14. The molecule has 1 aromatic carbocycles. The number of sulfonamides is 1. The average Bonchev–Trinajstić information content (AvgIpc) is 2.54. The lowest BCUT2D eigenvalue weighted by atomic mass is 10.2. The normalized spacial score (nSPS) is 11.0. The zero-order chi connectivity index (χ0) is 16.2. The second-order valence-corrected chi connectivity index (χ2v) is 6.15. The molecule has 22 heavy (non-hydrogen) atoms. The van der Waals surface area contributed by atoms with Crippen molar-refractivity contribution in [2.24, 2.45) is 5.18 Å². The number of hydrogen-bond acceptors (Lipinski definition) is 5. The van der Waals surface area contributed by atoms with Gasteiger partial charge in [-0.05, 0) is 36.2 Å². The van der Waals surface area contributed by atoms with Gasteiger partial charge < -0.3 is 0 Å². The molecular formula is C14H13N3O4S. The van der Waals surface area contributed by atoms with Crippen molar-refractivity contribution in [1.29, 1.82) is 0 Å². The van der Waals surface area contributed by atoms with Gasteiger partial charge in [-0.25, -0.2) is 8.42 Å². The van der Waals surface area contributed by atoms with Gasteiger partial charge in [-0.2, -0.15) is 0 Å². The fourth-order valence-corrected chi connectivity index (χ4v) is 2.88. The summed E-state index contributed by atoms with van der Waals surface area (Å²) < 4.78 is 27.0. The van der Waals surface area contributed by atoms with E-state index in [1.165, 1.54) is 24.4 Å². The van der Waals surface area contributed by atoms with Crippen molar-refractivity contribution in [3.05, 3.63) is 58.8 Å². The maximum Gasteiger partial charge on any atom is 0.316 e. The van der Waals surface area contributed by atoms with Gasteiger partial charge in [-0.3, -0.25) is 14.5 Å². The van der Waals surface area contributed by atoms with Gasteiger partial charge in [0.2, 0.25) is 0 Å². The zero-order valence-electron chi connectivity index (χ0n) is 11.7. The molecular weight excluding hydrogens is 306 g/mol. The highest BCUT2D eigenvalue weighted by atomic mass is 32.2. The maximum atomic E-state index is 12.3. The molecule has 0 atom stereocenters. The molecule has 0 spiro atoms. The molecule has 0 aliphatic carbocycles. The third kappa shape index (κ3) is 3.53. The van der Waals surface area contributed by atoms with E-state index in [-0.39, 0.29) is 10.5 Å². The Balaban J connectivity index is 2.34. The van der Waals surface area contributed by atoms with Gasteiger partial charge in [0.25, 0.3) is 10.0 Å². The van der Waals surface area contributed by atoms with Crippen LogP contribution in [0.5, 0.6) is 0 Å². The van der Waals surface area contributed by atoms with Crippen LogP contribution in [0.3, 0.4) is 0 Å². The molecule has 0 unspecified atom stereocenters. The third-order valence-electron chi connectivity index (χ3n) is 2.93. The van der Waals surface area contributed by atoms with Crippen LogP contribution < -0.4 is 4.72 Å². The number of nitrogens with zero attached hydrogens (tertiary/aromatic N) is 2. The molecule has 114 valence electrons. The molecule has 0 bridgehead atoms. The van der Waals surface area contributed by atoms with Crippen LogP contribution >= 0.6 is 0 Å². The van der Waals surface area contributed by atoms with Crippen LogP contribution in [-0.2, 0) is 16.4 Å². The number of carbonyl (C=O) groups is 1. The minimum Gasteiger partial charge on any atom is -0.278 e. The quantitative estimate of drug-likeness (QED) is 0.851. The van der Waals surface area contributed by atoms with Crippen LogP contribution in [0.2, 0.25) is 0 Å². The summed E-state index contributed by atoms with van der Waals surface area (Å²) in [6.07, 6.45) is 3.75. The predicted octanol–water partition coefficient (Wildman–Crippen LogP) is 2.35. The Morgan fingerprint density at radius 3 is 2.73 bits per heavy atom. The van der Waals surface area contributed by atoms with Crippen molar-refractivity contribution in [2.75, 3.05) is 4.72 Å². The van der Waals surface area contributed by atoms with Crippen molar-refractivity contribution in [3.8, 4) is 0 Å². The minimum atomic E-state index is -3.89. The van der Waals surface area contributed by atoms with E-state index in [1.54, 1.807) is 12.3 Å². The van der Waals surface area contributed by atoms with Crippen LogP contribution in [0.1, 0.15) is 22.8 Å². The lowest BCUT2D eigenvalue weighted by Gasteiger charge is -2.09. The van der Waals surface area contributed by atoms with E-state index in [9.17, 15) is 18.1 Å². The summed E-state index contributed by atoms with van der Waals surface area (Å²) >= 11 is 0. The number of benzene rings is 1. The van der Waals surface area contributed by atoms with E-state index in [2.05, 4.69) is 14.9 Å². The van der Waals surface area contributed by atoms with E-state index in [0.29, 0.717) is 5.69 Å². The van der Waals surface area contributed by atoms with E-state index >= 15 is 0 Å². The molecule has 2 aromatic rings. The summed E-state index contributed by atoms with van der Waals surface area (Å²) in [5.74, 6) is -1.02. The molecule has 1 aromatic heterocycles. The largest absolute Gasteiger partial charge is 0.316 e. The van der Waals surface area contributed by atoms with E-state index in [1.807, 2.05) is 6.92 Å². The fourth-order valence-electron chi connectivity index (χ4n) is 1.80. The fraction of sp³-hybridized carbons (Fsp3) is 0.143. The van der Waals surface area contributed by atoms with Crippen molar-refractivity contribution in [3.63, 3.8) is 0 Å². The average molecular weight is 319 g/mol. The number of anilines is 1. The molecule has 0 aliphatic rings. The molecule has 1 N–H and O–H groups in total. The first-order chi connectivity index (χ1) is 10.5. The number of hydrogen-bond donors (Lipinski definition) is 1. The van der Waals surface area contributed by atoms with Gasteiger partial charge in [0.15, 0.2) is 0 Å². The number of rotatable bonds is 5. The van der Waals surface area contributed by atoms with Crippen LogP contribution in [0.4, 0.5) is 5.69 Å². The van der Waals surface area contributed by atoms with E-state index in [4.69, 9.17) is 0 Å². The number of carbonyl (C=O) groups excluding carboxylic acids is 1. The summed E-state index contributed by atoms with van der Waals surface area (Å²) in [6, 6.07) is 6.78. The molecule has 8 heteroatoms. The summed E-state index contributed by atoms with van der Waals surface area (Å²) in [4.78, 5) is 25.3. The first kappa shape index (κ1) is 15.8. The molecule has 7 nitrogen and oxygen atoms in total. The molecule has 1 amide bonds. The predicted molar refractivity (Wildman–Crippen MR) is 81.0 cm³/mol. The van der Waals surface area contributed by atoms with Crippen molar-refractivity contribution < 1.29 is 13.2 Å². The Kier molecular flexibility index (Phi) is 4.62. The van der Waals surface area contributed by atoms with E-state index in [0.717, 1.165) is 18.1 Å². The second kappa shape index (κ2) is 6.44. The van der Waals surface area contributed by atoms with Gasteiger partial charge in [0.05, 0.1) is 16.8 Å². The SMILES string of the molecule is CCc1cncc(NS(=O)(=O)c2cccc(C(=O)N=O)c2)c1. The number of nitrogens with one attached hydrogen (secondary N) is 1. The molecule has 0 radical (unpaired) electrons. The standard InChI is InChI=1S/C14H13N3O4S/c1-2-10-6-12(9-15-8-10)17-22(20,21)13-5-3-4-11(7-13)14(18)16-19/h3-9,17H,2H2,1H3. The number of aromatic nitrogens is 1. The zero-order valence-corrected chi connectivity index (χ0v) is 12.5. The second-order valence-electron chi connectivity index (χ2n) is 4.47. The van der Waals surface area contributed by atoms with Crippen LogP contribution in [0.15, 0.2) is 52.8 Å². The summed E-state index contributed by atoms with van der Waals surface area (Å²) in [5, 5.41) is 2.27. The highest BCUT2D eigenvalue weighted by Gasteiger charge is 2.17. The van der Waals surface area contributed by atoms with Gasteiger partial charge in [0, 0.05) is 16.9 Å². The topological polar surface area (TPSA) is 106 Å². The van der Waals surface area contributed by atoms with Gasteiger partial charge >= 0.3 is 5.91 Å². The Labute approximate surface area is 127 Å². The van der Waals surface area contributed by atoms with Crippen LogP contribution in [0.25, 0.3) is 0 Å². The monoisotopic (exact) mass is 319 g/mol. The number of pyridine rings is 1. The third-order valence-corrected chi connectivity index (χ3v) is 4.31. The molecule has 2 rings (SSSR count). The Morgan fingerprint density at radius 2 is 2.05 bits per heavy atom. The van der Waals surface area contributed by atoms with Gasteiger partial charge in [-0.15, -0.1) is 4.91 Å². The van der Waals surface area contributed by atoms with Crippen molar-refractivity contribution in [1.82, 2.24) is 4.98 Å². The smallest absolute Gasteiger partial charge is 0.278 e. The number of nitroso groups, excluding NO2 is 1. The molecule has 0 saturated heterocycles. The maximum absolute atomic E-state index is 12.3. The highest BCUT2D eigenvalue weighted by Crippen LogP contribution is 2.18. The number of aryl methyl sites for hydroxylation is 1. The summed E-state index contributed by atoms with van der Waals surface area (Å²) in [7, 11) is -3.89. The van der Waals surface area contributed by atoms with Crippen LogP contribution in [-0.4, -0.2) is 19.3 Å². The Hall–Kier alpha value is -2.61. The Morgan fingerprint density at radius 1 is 1.27 bits per heavy atom. The summed E-state index contributed by atoms with van der Waals surface area (Å²) in [6.45, 7) is 1.93. The van der Waals surface area contributed by atoms with E-state index < -0.39 is 15.9 Å². The van der Waals surface area contributed by atoms with Gasteiger partial charge in [-0.1, -0.05) is 13.0 Å². The first-order valence-corrected chi connectivity index (χ1v) is 7.89. The molecule has 0 saturated carbocycles. The number of amides is 1. The molecule has 0 aliphatic heterocycles. The Bertz CT molecular complexity index is 818. The van der Waals surface area contributed by atoms with Gasteiger partial charge in [0.1, 0.15) is 0 Å². The first-order valence-electron chi connectivity index (χ1n) is 6.41. The van der Waals surface area contributed by atoms with Crippen molar-refractivity contribution >= 4 is 21.6 Å². The molecule has 1 heterocycles. The van der Waals surface area contributed by atoms with Crippen molar-refractivity contribution in [2.45, 2.75) is 18.2 Å². The lowest BCUT2D eigenvalue weighted by molar-refractivity contribution is 0.100. The highest BCUT2D eigenvalue weighted by molar-refractivity contribution is 7.92. The summed E-state index contributed by atoms with van der Waals surface area (Å²) in [5.41, 5.74) is 1.12.